The Bertz CT molecular complexity index is 324. The lowest BCUT2D eigenvalue weighted by atomic mass is 10.2. The van der Waals surface area contributed by atoms with Crippen LogP contribution in [0.25, 0.3) is 0 Å². The van der Waals surface area contributed by atoms with Gasteiger partial charge in [0.1, 0.15) is 0 Å². The van der Waals surface area contributed by atoms with E-state index in [2.05, 4.69) is 16.1 Å². The number of unbranched alkanes of at least 4 members (excludes halogenated alkanes) is 2. The highest BCUT2D eigenvalue weighted by atomic mass is 16.8. The van der Waals surface area contributed by atoms with Gasteiger partial charge in [-0.05, 0) is 12.8 Å². The molecule has 1 saturated heterocycles. The molecular weight excluding hydrogens is 228 g/mol. The molecule has 0 spiro atoms. The second-order valence-corrected chi connectivity index (χ2v) is 3.89. The average Bonchev–Trinajstić information content (AvgIpc) is 2.32. The highest BCUT2D eigenvalue weighted by Gasteiger charge is 2.39. The maximum Gasteiger partial charge on any atom is 0.373 e. The van der Waals surface area contributed by atoms with Gasteiger partial charge in [-0.25, -0.2) is 4.79 Å². The Morgan fingerprint density at radius 1 is 1.24 bits per heavy atom. The minimum Gasteiger partial charge on any atom is -0.398 e. The van der Waals surface area contributed by atoms with Crippen molar-refractivity contribution >= 4 is 11.9 Å². The summed E-state index contributed by atoms with van der Waals surface area (Å²) in [6.45, 7) is 3.41. The highest BCUT2D eigenvalue weighted by Crippen LogP contribution is 2.25. The summed E-state index contributed by atoms with van der Waals surface area (Å²) < 4.78 is 9.34. The van der Waals surface area contributed by atoms with Crippen molar-refractivity contribution in [3.8, 4) is 0 Å². The predicted molar refractivity (Wildman–Crippen MR) is 56.4 cm³/mol. The van der Waals surface area contributed by atoms with Crippen molar-refractivity contribution in [2.45, 2.75) is 38.1 Å². The third-order valence-corrected chi connectivity index (χ3v) is 2.32. The van der Waals surface area contributed by atoms with Crippen LogP contribution in [0.4, 0.5) is 0 Å². The third kappa shape index (κ3) is 4.16. The number of ether oxygens (including phenoxy) is 2. The first kappa shape index (κ1) is 13.7. The molecule has 0 radical (unpaired) electrons. The summed E-state index contributed by atoms with van der Waals surface area (Å²) in [4.78, 5) is 22.5. The average molecular weight is 244 g/mol. The Balaban J connectivity index is 2.56. The van der Waals surface area contributed by atoms with Crippen LogP contribution in [0.2, 0.25) is 0 Å². The summed E-state index contributed by atoms with van der Waals surface area (Å²) in [5, 5.41) is 18.4. The monoisotopic (exact) mass is 244 g/mol. The van der Waals surface area contributed by atoms with Crippen LogP contribution < -0.4 is 0 Å². The summed E-state index contributed by atoms with van der Waals surface area (Å²) in [6, 6.07) is 0. The predicted octanol–water partition coefficient (Wildman–Crippen LogP) is 0.231. The molecule has 1 aliphatic heterocycles. The second-order valence-electron chi connectivity index (χ2n) is 3.89. The highest BCUT2D eigenvalue weighted by molar-refractivity contribution is 5.94. The van der Waals surface area contributed by atoms with Crippen molar-refractivity contribution < 1.29 is 29.3 Å². The number of hydrogen-bond acceptors (Lipinski definition) is 6. The lowest BCUT2D eigenvalue weighted by Gasteiger charge is -2.24. The molecule has 0 aliphatic carbocycles. The summed E-state index contributed by atoms with van der Waals surface area (Å²) in [5.41, 5.74) is -0.0405. The van der Waals surface area contributed by atoms with Crippen molar-refractivity contribution in [3.63, 3.8) is 0 Å². The van der Waals surface area contributed by atoms with E-state index < -0.39 is 17.9 Å². The molecule has 6 nitrogen and oxygen atoms in total. The number of carbonyl (C=O) groups is 2. The van der Waals surface area contributed by atoms with Crippen LogP contribution >= 0.6 is 0 Å². The van der Waals surface area contributed by atoms with E-state index in [9.17, 15) is 14.7 Å². The fraction of sp³-hybridized carbons (Fsp3) is 0.636. The Morgan fingerprint density at radius 2 is 1.94 bits per heavy atom. The van der Waals surface area contributed by atoms with Gasteiger partial charge < -0.3 is 19.7 Å². The van der Waals surface area contributed by atoms with E-state index in [4.69, 9.17) is 5.11 Å². The molecule has 2 N–H and O–H groups in total. The van der Waals surface area contributed by atoms with E-state index in [0.717, 1.165) is 0 Å². The number of cyclic esters (lactones) is 2. The van der Waals surface area contributed by atoms with Gasteiger partial charge >= 0.3 is 17.9 Å². The third-order valence-electron chi connectivity index (χ3n) is 2.32. The minimum atomic E-state index is -2.21. The van der Waals surface area contributed by atoms with Gasteiger partial charge in [-0.3, -0.25) is 4.79 Å². The van der Waals surface area contributed by atoms with Crippen LogP contribution in [-0.2, 0) is 19.1 Å². The number of carbonyl (C=O) groups excluding carboxylic acids is 2. The van der Waals surface area contributed by atoms with Crippen molar-refractivity contribution in [1.82, 2.24) is 0 Å². The van der Waals surface area contributed by atoms with Gasteiger partial charge in [-0.15, -0.1) is 0 Å². The van der Waals surface area contributed by atoms with Crippen molar-refractivity contribution in [1.29, 1.82) is 0 Å². The Hall–Kier alpha value is -1.40. The van der Waals surface area contributed by atoms with E-state index in [1.54, 1.807) is 0 Å². The lowest BCUT2D eigenvalue weighted by Crippen LogP contribution is -2.37. The number of aliphatic hydroxyl groups is 2. The van der Waals surface area contributed by atoms with Crippen molar-refractivity contribution in [2.75, 3.05) is 6.61 Å². The Labute approximate surface area is 98.8 Å². The van der Waals surface area contributed by atoms with Gasteiger partial charge in [0.05, 0.1) is 12.8 Å². The van der Waals surface area contributed by atoms with Crippen LogP contribution in [-0.4, -0.2) is 34.7 Å². The van der Waals surface area contributed by atoms with Crippen LogP contribution in [0.5, 0.6) is 0 Å². The smallest absolute Gasteiger partial charge is 0.373 e. The summed E-state index contributed by atoms with van der Waals surface area (Å²) in [7, 11) is 0. The lowest BCUT2D eigenvalue weighted by molar-refractivity contribution is -0.323. The zero-order valence-corrected chi connectivity index (χ0v) is 9.48. The Kier molecular flexibility index (Phi) is 4.65. The fourth-order valence-corrected chi connectivity index (χ4v) is 1.44. The maximum absolute atomic E-state index is 11.3. The van der Waals surface area contributed by atoms with E-state index in [0.29, 0.717) is 19.3 Å². The summed E-state index contributed by atoms with van der Waals surface area (Å²) in [5.74, 6) is -3.78. The topological polar surface area (TPSA) is 93.1 Å². The standard InChI is InChI=1S/C11H16O6/c1-8-7-9(13)16-11(15,17-10(8)14)5-3-2-4-6-12/h12,15H,1-7H2. The van der Waals surface area contributed by atoms with Crippen molar-refractivity contribution in [3.05, 3.63) is 12.2 Å². The van der Waals surface area contributed by atoms with Crippen molar-refractivity contribution in [2.24, 2.45) is 0 Å². The molecule has 0 bridgehead atoms. The van der Waals surface area contributed by atoms with E-state index in [-0.39, 0.29) is 25.0 Å². The minimum absolute atomic E-state index is 0.0161. The SMILES string of the molecule is C=C1CC(=O)OC(O)(CCCCCO)OC1=O. The van der Waals surface area contributed by atoms with Gasteiger partial charge in [0.2, 0.25) is 0 Å². The molecule has 0 saturated carbocycles. The molecule has 1 unspecified atom stereocenters. The summed E-state index contributed by atoms with van der Waals surface area (Å²) in [6.07, 6.45) is 1.37. The molecule has 6 heteroatoms. The first-order valence-electron chi connectivity index (χ1n) is 5.43. The number of esters is 2. The first-order valence-corrected chi connectivity index (χ1v) is 5.43. The number of rotatable bonds is 5. The molecular formula is C11H16O6. The van der Waals surface area contributed by atoms with E-state index in [1.807, 2.05) is 0 Å². The number of hydrogen-bond donors (Lipinski definition) is 2. The summed E-state index contributed by atoms with van der Waals surface area (Å²) >= 11 is 0. The van der Waals surface area contributed by atoms with Crippen LogP contribution in [0, 0.1) is 0 Å². The van der Waals surface area contributed by atoms with E-state index in [1.165, 1.54) is 0 Å². The Morgan fingerprint density at radius 3 is 2.59 bits per heavy atom. The van der Waals surface area contributed by atoms with Gasteiger partial charge in [-0.1, -0.05) is 13.0 Å². The normalized spacial score (nSPS) is 25.2. The molecule has 0 aromatic heterocycles. The zero-order valence-electron chi connectivity index (χ0n) is 9.48. The van der Waals surface area contributed by atoms with Crippen LogP contribution in [0.15, 0.2) is 12.2 Å². The maximum atomic E-state index is 11.3. The molecule has 0 amide bonds. The van der Waals surface area contributed by atoms with Gasteiger partial charge in [0.15, 0.2) is 0 Å². The van der Waals surface area contributed by atoms with Gasteiger partial charge in [-0.2, -0.15) is 0 Å². The molecule has 1 atom stereocenters. The quantitative estimate of drug-likeness (QED) is 0.408. The molecule has 1 fully saturated rings. The molecule has 1 heterocycles. The fourth-order valence-electron chi connectivity index (χ4n) is 1.44. The molecule has 96 valence electrons. The molecule has 0 aromatic rings. The van der Waals surface area contributed by atoms with Crippen LogP contribution in [0.3, 0.4) is 0 Å². The largest absolute Gasteiger partial charge is 0.398 e. The second kappa shape index (κ2) is 5.79. The molecule has 1 rings (SSSR count). The molecule has 17 heavy (non-hydrogen) atoms. The van der Waals surface area contributed by atoms with E-state index >= 15 is 0 Å². The van der Waals surface area contributed by atoms with Gasteiger partial charge in [0, 0.05) is 12.2 Å². The van der Waals surface area contributed by atoms with Crippen LogP contribution in [0.1, 0.15) is 32.1 Å². The molecule has 1 aliphatic rings. The van der Waals surface area contributed by atoms with Gasteiger partial charge in [0.25, 0.3) is 0 Å². The molecule has 0 aromatic carbocycles. The first-order chi connectivity index (χ1) is 7.97. The number of aliphatic hydroxyl groups excluding tert-OH is 1. The zero-order chi connectivity index (χ0) is 12.9.